The molecule has 104 valence electrons. The molecule has 0 amide bonds. The predicted octanol–water partition coefficient (Wildman–Crippen LogP) is 4.61. The average Bonchev–Trinajstić information content (AvgIpc) is 2.95. The zero-order valence-corrected chi connectivity index (χ0v) is 11.7. The SMILES string of the molecule is CCCC12CCC([C@H](O)c3cccc(F)c3)(CC1)C2. The number of halogens is 1. The van der Waals surface area contributed by atoms with Gasteiger partial charge >= 0.3 is 0 Å². The van der Waals surface area contributed by atoms with Gasteiger partial charge in [0.1, 0.15) is 5.82 Å². The number of aliphatic hydroxyl groups excluding tert-OH is 1. The van der Waals surface area contributed by atoms with Gasteiger partial charge in [0.05, 0.1) is 6.10 Å². The van der Waals surface area contributed by atoms with Gasteiger partial charge < -0.3 is 5.11 Å². The molecule has 0 heterocycles. The molecule has 2 aliphatic rings. The first-order valence-corrected chi connectivity index (χ1v) is 7.53. The summed E-state index contributed by atoms with van der Waals surface area (Å²) in [4.78, 5) is 0. The van der Waals surface area contributed by atoms with E-state index < -0.39 is 6.10 Å². The second kappa shape index (κ2) is 4.59. The Morgan fingerprint density at radius 3 is 2.63 bits per heavy atom. The van der Waals surface area contributed by atoms with Crippen LogP contribution in [0.3, 0.4) is 0 Å². The molecule has 0 aromatic heterocycles. The number of hydrogen-bond acceptors (Lipinski definition) is 1. The van der Waals surface area contributed by atoms with Gasteiger partial charge in [-0.2, -0.15) is 0 Å². The molecule has 2 saturated carbocycles. The number of fused-ring (bicyclic) bond motifs is 2. The minimum Gasteiger partial charge on any atom is -0.388 e. The molecule has 2 heteroatoms. The van der Waals surface area contributed by atoms with Crippen LogP contribution < -0.4 is 0 Å². The molecule has 3 rings (SSSR count). The maximum atomic E-state index is 13.3. The average molecular weight is 262 g/mol. The third-order valence-electron chi connectivity index (χ3n) is 5.56. The largest absolute Gasteiger partial charge is 0.388 e. The fraction of sp³-hybridized carbons (Fsp3) is 0.647. The van der Waals surface area contributed by atoms with Gasteiger partial charge in [0, 0.05) is 5.41 Å². The van der Waals surface area contributed by atoms with Crippen LogP contribution in [0.2, 0.25) is 0 Å². The van der Waals surface area contributed by atoms with Gasteiger partial charge in [-0.25, -0.2) is 4.39 Å². The lowest BCUT2D eigenvalue weighted by Crippen LogP contribution is -2.24. The van der Waals surface area contributed by atoms with Crippen LogP contribution in [0, 0.1) is 16.6 Å². The van der Waals surface area contributed by atoms with Crippen LogP contribution in [0.25, 0.3) is 0 Å². The van der Waals surface area contributed by atoms with E-state index in [0.29, 0.717) is 5.41 Å². The van der Waals surface area contributed by atoms with E-state index in [9.17, 15) is 9.50 Å². The minimum atomic E-state index is -0.496. The van der Waals surface area contributed by atoms with E-state index in [-0.39, 0.29) is 11.2 Å². The van der Waals surface area contributed by atoms with Gasteiger partial charge in [0.2, 0.25) is 0 Å². The summed E-state index contributed by atoms with van der Waals surface area (Å²) in [5, 5.41) is 10.7. The van der Waals surface area contributed by atoms with Gasteiger partial charge in [0.15, 0.2) is 0 Å². The van der Waals surface area contributed by atoms with Crippen molar-refractivity contribution in [3.05, 3.63) is 35.6 Å². The molecule has 0 unspecified atom stereocenters. The second-order valence-corrected chi connectivity index (χ2v) is 6.75. The lowest BCUT2D eigenvalue weighted by atomic mass is 9.76. The molecule has 1 aromatic carbocycles. The Kier molecular flexibility index (Phi) is 3.17. The fourth-order valence-electron chi connectivity index (χ4n) is 4.65. The summed E-state index contributed by atoms with van der Waals surface area (Å²) in [5.74, 6) is -0.247. The molecule has 0 radical (unpaired) electrons. The predicted molar refractivity (Wildman–Crippen MR) is 74.2 cm³/mol. The molecular weight excluding hydrogens is 239 g/mol. The van der Waals surface area contributed by atoms with Crippen molar-refractivity contribution in [2.45, 2.75) is 58.0 Å². The molecule has 0 aliphatic heterocycles. The number of aliphatic hydroxyl groups is 1. The van der Waals surface area contributed by atoms with Crippen LogP contribution in [0.5, 0.6) is 0 Å². The summed E-state index contributed by atoms with van der Waals surface area (Å²) in [6.45, 7) is 2.25. The van der Waals surface area contributed by atoms with Crippen LogP contribution in [0.1, 0.15) is 63.5 Å². The van der Waals surface area contributed by atoms with Crippen LogP contribution in [0.15, 0.2) is 24.3 Å². The highest BCUT2D eigenvalue weighted by Gasteiger charge is 2.56. The van der Waals surface area contributed by atoms with E-state index in [2.05, 4.69) is 6.92 Å². The van der Waals surface area contributed by atoms with Gasteiger partial charge in [-0.05, 0) is 61.6 Å². The lowest BCUT2D eigenvalue weighted by molar-refractivity contribution is 0.0295. The monoisotopic (exact) mass is 262 g/mol. The van der Waals surface area contributed by atoms with E-state index in [1.165, 1.54) is 37.8 Å². The summed E-state index contributed by atoms with van der Waals surface area (Å²) in [7, 11) is 0. The van der Waals surface area contributed by atoms with Crippen LogP contribution in [-0.2, 0) is 0 Å². The molecule has 0 saturated heterocycles. The van der Waals surface area contributed by atoms with Crippen molar-refractivity contribution in [3.63, 3.8) is 0 Å². The Morgan fingerprint density at radius 1 is 1.26 bits per heavy atom. The van der Waals surface area contributed by atoms with Crippen LogP contribution in [0.4, 0.5) is 4.39 Å². The van der Waals surface area contributed by atoms with Gasteiger partial charge in [-0.1, -0.05) is 25.5 Å². The van der Waals surface area contributed by atoms with E-state index >= 15 is 0 Å². The van der Waals surface area contributed by atoms with Crippen molar-refractivity contribution in [2.75, 3.05) is 0 Å². The molecular formula is C17H23FO. The molecule has 1 atom stereocenters. The standard InChI is InChI=1S/C17H23FO/c1-2-6-16-7-9-17(12-16,10-8-16)15(19)13-4-3-5-14(18)11-13/h3-5,11,15,19H,2,6-10,12H2,1H3/t15-,16?,17?/m1/s1. The number of hydrogen-bond donors (Lipinski definition) is 1. The van der Waals surface area contributed by atoms with Crippen molar-refractivity contribution in [1.29, 1.82) is 0 Å². The topological polar surface area (TPSA) is 20.2 Å². The smallest absolute Gasteiger partial charge is 0.123 e. The molecule has 1 aromatic rings. The Labute approximate surface area is 114 Å². The van der Waals surface area contributed by atoms with Gasteiger partial charge in [-0.15, -0.1) is 0 Å². The third-order valence-corrected chi connectivity index (χ3v) is 5.56. The summed E-state index contributed by atoms with van der Waals surface area (Å²) in [6, 6.07) is 6.50. The van der Waals surface area contributed by atoms with Crippen molar-refractivity contribution in [1.82, 2.24) is 0 Å². The molecule has 1 N–H and O–H groups in total. The summed E-state index contributed by atoms with van der Waals surface area (Å²) < 4.78 is 13.3. The Balaban J connectivity index is 1.84. The summed E-state index contributed by atoms with van der Waals surface area (Å²) >= 11 is 0. The third kappa shape index (κ3) is 2.10. The van der Waals surface area contributed by atoms with E-state index in [4.69, 9.17) is 0 Å². The summed E-state index contributed by atoms with van der Waals surface area (Å²) in [5.41, 5.74) is 1.25. The zero-order valence-electron chi connectivity index (χ0n) is 11.7. The maximum Gasteiger partial charge on any atom is 0.123 e. The first-order chi connectivity index (χ1) is 9.09. The Bertz CT molecular complexity index is 460. The van der Waals surface area contributed by atoms with E-state index in [0.717, 1.165) is 24.8 Å². The lowest BCUT2D eigenvalue weighted by Gasteiger charge is -2.32. The normalized spacial score (nSPS) is 34.7. The number of benzene rings is 1. The van der Waals surface area contributed by atoms with E-state index in [1.807, 2.05) is 6.07 Å². The first-order valence-electron chi connectivity index (χ1n) is 7.53. The molecule has 2 fully saturated rings. The maximum absolute atomic E-state index is 13.3. The molecule has 2 aliphatic carbocycles. The summed E-state index contributed by atoms with van der Waals surface area (Å²) in [6.07, 6.45) is 7.84. The molecule has 2 bridgehead atoms. The van der Waals surface area contributed by atoms with E-state index in [1.54, 1.807) is 6.07 Å². The first kappa shape index (κ1) is 13.1. The van der Waals surface area contributed by atoms with Crippen molar-refractivity contribution in [2.24, 2.45) is 10.8 Å². The minimum absolute atomic E-state index is 0.0168. The van der Waals surface area contributed by atoms with Crippen LogP contribution >= 0.6 is 0 Å². The van der Waals surface area contributed by atoms with Crippen molar-refractivity contribution < 1.29 is 9.50 Å². The fourth-order valence-corrected chi connectivity index (χ4v) is 4.65. The van der Waals surface area contributed by atoms with Crippen LogP contribution in [-0.4, -0.2) is 5.11 Å². The van der Waals surface area contributed by atoms with Crippen molar-refractivity contribution in [3.8, 4) is 0 Å². The van der Waals surface area contributed by atoms with Gasteiger partial charge in [0.25, 0.3) is 0 Å². The van der Waals surface area contributed by atoms with Crippen molar-refractivity contribution >= 4 is 0 Å². The highest BCUT2D eigenvalue weighted by Crippen LogP contribution is 2.67. The Hall–Kier alpha value is -0.890. The zero-order chi connectivity index (χ0) is 13.5. The quantitative estimate of drug-likeness (QED) is 0.840. The molecule has 1 nitrogen and oxygen atoms in total. The molecule has 0 spiro atoms. The van der Waals surface area contributed by atoms with Gasteiger partial charge in [-0.3, -0.25) is 0 Å². The number of rotatable bonds is 4. The molecule has 19 heavy (non-hydrogen) atoms. The second-order valence-electron chi connectivity index (χ2n) is 6.75. The Morgan fingerprint density at radius 2 is 2.00 bits per heavy atom. The highest BCUT2D eigenvalue weighted by atomic mass is 19.1. The highest BCUT2D eigenvalue weighted by molar-refractivity contribution is 5.23.